The number of carboxylic acid groups (broad SMARTS) is 1. The molecular formula is C18H19BrNO6S+. The van der Waals surface area contributed by atoms with Gasteiger partial charge in [-0.3, -0.25) is 0 Å². The number of benzene rings is 2. The van der Waals surface area contributed by atoms with E-state index < -0.39 is 26.1 Å². The molecule has 0 bridgehead atoms. The zero-order chi connectivity index (χ0) is 19.7. The zero-order valence-corrected chi connectivity index (χ0v) is 16.7. The monoisotopic (exact) mass is 456 g/mol. The SMILES string of the molecule is O=C(O)[C@H]1CCCC[N+]1(O)S(=O)(=O)c1ccc(Oc2ccc(Br)cc2)cc1. The van der Waals surface area contributed by atoms with Gasteiger partial charge in [-0.05, 0) is 55.0 Å². The van der Waals surface area contributed by atoms with Gasteiger partial charge in [0, 0.05) is 17.3 Å². The van der Waals surface area contributed by atoms with Crippen LogP contribution >= 0.6 is 15.9 Å². The average Bonchev–Trinajstić information content (AvgIpc) is 2.64. The number of carbonyl (C=O) groups is 1. The number of carboxylic acids is 1. The number of halogens is 1. The van der Waals surface area contributed by atoms with Gasteiger partial charge in [0.05, 0.1) is 0 Å². The maximum Gasteiger partial charge on any atom is 0.366 e. The van der Waals surface area contributed by atoms with Crippen LogP contribution < -0.4 is 4.74 Å². The number of sulfonamides is 1. The predicted octanol–water partition coefficient (Wildman–Crippen LogP) is 3.77. The van der Waals surface area contributed by atoms with Crippen molar-refractivity contribution in [3.8, 4) is 11.5 Å². The number of nitrogens with zero attached hydrogens (tertiary/aromatic N) is 1. The van der Waals surface area contributed by atoms with Crippen LogP contribution in [0.4, 0.5) is 0 Å². The number of hydroxylamine groups is 2. The summed E-state index contributed by atoms with van der Waals surface area (Å²) < 4.78 is 30.9. The van der Waals surface area contributed by atoms with Gasteiger partial charge in [0.15, 0.2) is 0 Å². The number of hydrogen-bond donors (Lipinski definition) is 2. The highest BCUT2D eigenvalue weighted by Gasteiger charge is 2.54. The van der Waals surface area contributed by atoms with E-state index in [-0.39, 0.29) is 17.9 Å². The van der Waals surface area contributed by atoms with Crippen LogP contribution in [0.15, 0.2) is 57.9 Å². The molecule has 27 heavy (non-hydrogen) atoms. The number of rotatable bonds is 5. The fraction of sp³-hybridized carbons (Fsp3) is 0.278. The lowest BCUT2D eigenvalue weighted by Crippen LogP contribution is -2.61. The highest BCUT2D eigenvalue weighted by atomic mass is 79.9. The fourth-order valence-electron chi connectivity index (χ4n) is 3.12. The Hall–Kier alpha value is -1.94. The molecule has 0 aromatic heterocycles. The molecule has 1 aliphatic rings. The summed E-state index contributed by atoms with van der Waals surface area (Å²) in [5.74, 6) is -0.313. The van der Waals surface area contributed by atoms with Crippen molar-refractivity contribution >= 4 is 31.9 Å². The largest absolute Gasteiger partial charge is 0.477 e. The van der Waals surface area contributed by atoms with E-state index in [0.717, 1.165) is 4.47 Å². The molecule has 2 aromatic rings. The van der Waals surface area contributed by atoms with Gasteiger partial charge in [-0.15, -0.1) is 0 Å². The Morgan fingerprint density at radius 1 is 1.04 bits per heavy atom. The van der Waals surface area contributed by atoms with E-state index in [4.69, 9.17) is 4.74 Å². The molecule has 0 radical (unpaired) electrons. The molecule has 3 rings (SSSR count). The number of hydrogen-bond acceptors (Lipinski definition) is 5. The van der Waals surface area contributed by atoms with Crippen molar-refractivity contribution in [2.24, 2.45) is 0 Å². The van der Waals surface area contributed by atoms with Gasteiger partial charge in [0.1, 0.15) is 22.9 Å². The Kier molecular flexibility index (Phi) is 5.57. The van der Waals surface area contributed by atoms with Crippen LogP contribution in [0.25, 0.3) is 0 Å². The summed E-state index contributed by atoms with van der Waals surface area (Å²) >= 11 is 3.33. The molecule has 9 heteroatoms. The van der Waals surface area contributed by atoms with E-state index in [2.05, 4.69) is 15.9 Å². The maximum absolute atomic E-state index is 12.9. The second kappa shape index (κ2) is 7.59. The number of aliphatic carboxylic acids is 1. The van der Waals surface area contributed by atoms with Crippen molar-refractivity contribution in [3.63, 3.8) is 0 Å². The first-order valence-corrected chi connectivity index (χ1v) is 10.6. The predicted molar refractivity (Wildman–Crippen MR) is 100 cm³/mol. The second-order valence-corrected chi connectivity index (χ2v) is 9.30. The van der Waals surface area contributed by atoms with E-state index >= 15 is 0 Å². The van der Waals surface area contributed by atoms with Crippen molar-refractivity contribution in [2.75, 3.05) is 6.54 Å². The standard InChI is InChI=1S/C18H18BrNO6S/c19-13-4-6-14(7-5-13)26-15-8-10-16(11-9-15)27(24,25)20(23)12-2-1-3-17(20)18(21)22/h4-11,17,23H,1-3,12H2/p+1/t17-,20?/m1/s1. The number of quaternary nitrogens is 1. The van der Waals surface area contributed by atoms with Crippen LogP contribution in [0.5, 0.6) is 11.5 Å². The molecular weight excluding hydrogens is 438 g/mol. The molecule has 1 aliphatic heterocycles. The Balaban J connectivity index is 1.86. The average molecular weight is 457 g/mol. The number of ether oxygens (including phenoxy) is 1. The van der Waals surface area contributed by atoms with Crippen LogP contribution in [-0.4, -0.2) is 41.3 Å². The van der Waals surface area contributed by atoms with Gasteiger partial charge < -0.3 is 9.84 Å². The highest BCUT2D eigenvalue weighted by Crippen LogP contribution is 2.33. The van der Waals surface area contributed by atoms with E-state index in [9.17, 15) is 23.5 Å². The molecule has 0 amide bonds. The van der Waals surface area contributed by atoms with E-state index in [1.54, 1.807) is 12.1 Å². The minimum Gasteiger partial charge on any atom is -0.477 e. The summed E-state index contributed by atoms with van der Waals surface area (Å²) in [6, 6.07) is 11.3. The normalized spacial score (nSPS) is 23.0. The van der Waals surface area contributed by atoms with Crippen molar-refractivity contribution in [2.45, 2.75) is 30.2 Å². The first-order chi connectivity index (χ1) is 12.7. The topological polar surface area (TPSA) is 101 Å². The molecule has 0 spiro atoms. The quantitative estimate of drug-likeness (QED) is 0.663. The van der Waals surface area contributed by atoms with Gasteiger partial charge in [0.25, 0.3) is 0 Å². The highest BCUT2D eigenvalue weighted by molar-refractivity contribution is 9.10. The summed E-state index contributed by atoms with van der Waals surface area (Å²) in [4.78, 5) is 11.3. The Morgan fingerprint density at radius 3 is 2.15 bits per heavy atom. The minimum atomic E-state index is -4.30. The number of piperidine rings is 1. The molecule has 1 heterocycles. The van der Waals surface area contributed by atoms with Gasteiger partial charge in [0.2, 0.25) is 6.04 Å². The van der Waals surface area contributed by atoms with Gasteiger partial charge in [-0.25, -0.2) is 4.79 Å². The lowest BCUT2D eigenvalue weighted by Gasteiger charge is -2.36. The molecule has 1 fully saturated rings. The van der Waals surface area contributed by atoms with Crippen molar-refractivity contribution in [3.05, 3.63) is 53.0 Å². The Bertz CT molecular complexity index is 929. The third-order valence-electron chi connectivity index (χ3n) is 4.57. The first-order valence-electron chi connectivity index (χ1n) is 8.36. The van der Waals surface area contributed by atoms with Gasteiger partial charge in [-0.1, -0.05) is 20.0 Å². The molecule has 2 atom stereocenters. The maximum atomic E-state index is 12.9. The molecule has 1 unspecified atom stereocenters. The molecule has 1 saturated heterocycles. The van der Waals surface area contributed by atoms with Crippen LogP contribution in [0, 0.1) is 0 Å². The Morgan fingerprint density at radius 2 is 1.59 bits per heavy atom. The Labute approximate surface area is 165 Å². The summed E-state index contributed by atoms with van der Waals surface area (Å²) in [5, 5.41) is 20.1. The van der Waals surface area contributed by atoms with Crippen LogP contribution in [0.3, 0.4) is 0 Å². The molecule has 0 aliphatic carbocycles. The van der Waals surface area contributed by atoms with Crippen molar-refractivity contribution < 1.29 is 32.3 Å². The van der Waals surface area contributed by atoms with E-state index in [1.807, 2.05) is 12.1 Å². The molecule has 144 valence electrons. The molecule has 7 nitrogen and oxygen atoms in total. The lowest BCUT2D eigenvalue weighted by molar-refractivity contribution is -1.02. The van der Waals surface area contributed by atoms with Crippen LogP contribution in [0.1, 0.15) is 19.3 Å². The van der Waals surface area contributed by atoms with Gasteiger partial charge >= 0.3 is 16.0 Å². The van der Waals surface area contributed by atoms with Gasteiger partial charge in [-0.2, -0.15) is 13.6 Å². The van der Waals surface area contributed by atoms with Crippen molar-refractivity contribution in [1.29, 1.82) is 0 Å². The van der Waals surface area contributed by atoms with Crippen LogP contribution in [0.2, 0.25) is 0 Å². The van der Waals surface area contributed by atoms with Crippen LogP contribution in [-0.2, 0) is 14.8 Å². The van der Waals surface area contributed by atoms with E-state index in [0.29, 0.717) is 24.3 Å². The summed E-state index contributed by atoms with van der Waals surface area (Å²) in [5.41, 5.74) is 0. The smallest absolute Gasteiger partial charge is 0.366 e. The van der Waals surface area contributed by atoms with E-state index in [1.165, 1.54) is 24.3 Å². The summed E-state index contributed by atoms with van der Waals surface area (Å²) in [7, 11) is -4.30. The molecule has 0 saturated carbocycles. The first kappa shape index (κ1) is 19.8. The fourth-order valence-corrected chi connectivity index (χ4v) is 5.13. The third-order valence-corrected chi connectivity index (χ3v) is 7.23. The summed E-state index contributed by atoms with van der Waals surface area (Å²) in [6.07, 6.45) is 1.10. The minimum absolute atomic E-state index is 0.107. The molecule has 2 N–H and O–H groups in total. The zero-order valence-electron chi connectivity index (χ0n) is 14.3. The summed E-state index contributed by atoms with van der Waals surface area (Å²) in [6.45, 7) is -0.156. The third kappa shape index (κ3) is 3.86. The van der Waals surface area contributed by atoms with Crippen molar-refractivity contribution in [1.82, 2.24) is 0 Å². The lowest BCUT2D eigenvalue weighted by atomic mass is 10.1. The molecule has 2 aromatic carbocycles. The second-order valence-electron chi connectivity index (χ2n) is 6.33.